The molecule has 0 amide bonds. The average molecular weight is 183 g/mol. The molecule has 2 N–H and O–H groups in total. The first-order valence-corrected chi connectivity index (χ1v) is 4.86. The molecule has 0 spiro atoms. The zero-order chi connectivity index (χ0) is 10.1. The summed E-state index contributed by atoms with van der Waals surface area (Å²) in [7, 11) is 2.04. The Bertz CT molecular complexity index is 173. The highest BCUT2D eigenvalue weighted by atomic mass is 15.1. The van der Waals surface area contributed by atoms with Crippen LogP contribution in [0.5, 0.6) is 0 Å². The maximum absolute atomic E-state index is 5.51. The molecule has 0 saturated heterocycles. The average Bonchev–Trinajstić information content (AvgIpc) is 2.17. The number of aliphatic imine (C=N–C) groups is 1. The van der Waals surface area contributed by atoms with Gasteiger partial charge in [-0.1, -0.05) is 6.92 Å². The molecule has 0 aliphatic carbocycles. The second-order valence-corrected chi connectivity index (χ2v) is 2.92. The van der Waals surface area contributed by atoms with E-state index >= 15 is 0 Å². The number of hydrogen-bond donors (Lipinski definition) is 1. The van der Waals surface area contributed by atoms with Crippen LogP contribution in [0.3, 0.4) is 0 Å². The van der Waals surface area contributed by atoms with Gasteiger partial charge in [0.25, 0.3) is 0 Å². The number of hydrogen-bond acceptors (Lipinski definition) is 3. The Kier molecular flexibility index (Phi) is 7.07. The molecule has 0 heterocycles. The van der Waals surface area contributed by atoms with Crippen LogP contribution >= 0.6 is 0 Å². The van der Waals surface area contributed by atoms with Crippen molar-refractivity contribution in [2.24, 2.45) is 10.7 Å². The molecule has 0 saturated carbocycles. The predicted molar refractivity (Wildman–Crippen MR) is 58.8 cm³/mol. The minimum Gasteiger partial charge on any atom is -0.403 e. The predicted octanol–water partition coefficient (Wildman–Crippen LogP) is 1.61. The van der Waals surface area contributed by atoms with Gasteiger partial charge in [-0.3, -0.25) is 4.99 Å². The van der Waals surface area contributed by atoms with Gasteiger partial charge in [0.2, 0.25) is 0 Å². The molecule has 0 radical (unpaired) electrons. The van der Waals surface area contributed by atoms with Crippen molar-refractivity contribution in [1.29, 1.82) is 0 Å². The fourth-order valence-electron chi connectivity index (χ4n) is 1.00. The van der Waals surface area contributed by atoms with E-state index in [-0.39, 0.29) is 0 Å². The molecule has 3 nitrogen and oxygen atoms in total. The molecule has 0 fully saturated rings. The lowest BCUT2D eigenvalue weighted by Gasteiger charge is -2.19. The number of rotatable bonds is 6. The van der Waals surface area contributed by atoms with Gasteiger partial charge in [0.05, 0.1) is 0 Å². The Labute approximate surface area is 81.3 Å². The second kappa shape index (κ2) is 7.65. The highest BCUT2D eigenvalue weighted by Gasteiger charge is 1.99. The van der Waals surface area contributed by atoms with E-state index in [1.165, 1.54) is 0 Å². The van der Waals surface area contributed by atoms with Gasteiger partial charge in [-0.15, -0.1) is 0 Å². The van der Waals surface area contributed by atoms with Crippen molar-refractivity contribution in [2.45, 2.75) is 26.7 Å². The third kappa shape index (κ3) is 5.28. The van der Waals surface area contributed by atoms with Crippen LogP contribution in [0.1, 0.15) is 26.7 Å². The van der Waals surface area contributed by atoms with Gasteiger partial charge in [-0.2, -0.15) is 0 Å². The maximum atomic E-state index is 5.51. The fraction of sp³-hybridized carbons (Fsp3) is 0.700. The summed E-state index contributed by atoms with van der Waals surface area (Å²) >= 11 is 0. The molecule has 0 aromatic rings. The van der Waals surface area contributed by atoms with Gasteiger partial charge in [0.15, 0.2) is 0 Å². The van der Waals surface area contributed by atoms with Gasteiger partial charge in [-0.05, 0) is 19.6 Å². The van der Waals surface area contributed by atoms with Crippen LogP contribution < -0.4 is 5.73 Å². The Balaban J connectivity index is 3.80. The van der Waals surface area contributed by atoms with Crippen molar-refractivity contribution in [1.82, 2.24) is 4.90 Å². The number of nitrogens with two attached hydrogens (primary N) is 1. The van der Waals surface area contributed by atoms with Crippen molar-refractivity contribution in [3.05, 3.63) is 11.9 Å². The SMILES string of the molecule is CCC=NCC/C(=C/N)N(C)CC. The maximum Gasteiger partial charge on any atom is 0.0440 e. The van der Waals surface area contributed by atoms with Crippen LogP contribution in [-0.2, 0) is 0 Å². The van der Waals surface area contributed by atoms with E-state index in [9.17, 15) is 0 Å². The normalized spacial score (nSPS) is 12.4. The highest BCUT2D eigenvalue weighted by molar-refractivity contribution is 5.56. The van der Waals surface area contributed by atoms with E-state index < -0.39 is 0 Å². The zero-order valence-corrected chi connectivity index (χ0v) is 8.95. The summed E-state index contributed by atoms with van der Waals surface area (Å²) < 4.78 is 0. The Morgan fingerprint density at radius 2 is 2.15 bits per heavy atom. The molecule has 76 valence electrons. The lowest BCUT2D eigenvalue weighted by molar-refractivity contribution is 0.423. The van der Waals surface area contributed by atoms with Crippen molar-refractivity contribution in [3.8, 4) is 0 Å². The van der Waals surface area contributed by atoms with Gasteiger partial charge in [-0.25, -0.2) is 0 Å². The number of nitrogens with zero attached hydrogens (tertiary/aromatic N) is 2. The summed E-state index contributed by atoms with van der Waals surface area (Å²) in [5, 5.41) is 0. The van der Waals surface area contributed by atoms with E-state index in [0.717, 1.165) is 31.6 Å². The summed E-state index contributed by atoms with van der Waals surface area (Å²) in [6, 6.07) is 0. The van der Waals surface area contributed by atoms with Gasteiger partial charge >= 0.3 is 0 Å². The summed E-state index contributed by atoms with van der Waals surface area (Å²) in [4.78, 5) is 6.39. The first-order chi connectivity index (χ1) is 6.26. The van der Waals surface area contributed by atoms with Crippen LogP contribution in [0.15, 0.2) is 16.9 Å². The quantitative estimate of drug-likeness (QED) is 0.636. The minimum absolute atomic E-state index is 0.835. The third-order valence-electron chi connectivity index (χ3n) is 1.97. The molecule has 0 aliphatic rings. The largest absolute Gasteiger partial charge is 0.403 e. The Hall–Kier alpha value is -0.990. The van der Waals surface area contributed by atoms with Crippen molar-refractivity contribution >= 4 is 6.21 Å². The Morgan fingerprint density at radius 1 is 1.46 bits per heavy atom. The van der Waals surface area contributed by atoms with E-state index in [1.54, 1.807) is 6.20 Å². The second-order valence-electron chi connectivity index (χ2n) is 2.92. The molecule has 3 heteroatoms. The smallest absolute Gasteiger partial charge is 0.0440 e. The van der Waals surface area contributed by atoms with Crippen molar-refractivity contribution in [3.63, 3.8) is 0 Å². The van der Waals surface area contributed by atoms with Crippen LogP contribution in [0.25, 0.3) is 0 Å². The van der Waals surface area contributed by atoms with E-state index in [2.05, 4.69) is 23.7 Å². The molecule has 13 heavy (non-hydrogen) atoms. The lowest BCUT2D eigenvalue weighted by atomic mass is 10.3. The molecule has 0 unspecified atom stereocenters. The lowest BCUT2D eigenvalue weighted by Crippen LogP contribution is -2.18. The van der Waals surface area contributed by atoms with Crippen LogP contribution in [0.4, 0.5) is 0 Å². The van der Waals surface area contributed by atoms with E-state index in [4.69, 9.17) is 5.73 Å². The topological polar surface area (TPSA) is 41.6 Å². The first kappa shape index (κ1) is 12.0. The molecule has 0 aromatic heterocycles. The van der Waals surface area contributed by atoms with Crippen LogP contribution in [-0.4, -0.2) is 31.3 Å². The first-order valence-electron chi connectivity index (χ1n) is 4.86. The van der Waals surface area contributed by atoms with Crippen LogP contribution in [0.2, 0.25) is 0 Å². The molecule has 0 aromatic carbocycles. The van der Waals surface area contributed by atoms with Crippen molar-refractivity contribution in [2.75, 3.05) is 20.1 Å². The summed E-state index contributed by atoms with van der Waals surface area (Å²) in [6.45, 7) is 6.02. The van der Waals surface area contributed by atoms with Gasteiger partial charge in [0.1, 0.15) is 0 Å². The molecule has 0 bridgehead atoms. The molecule has 0 aliphatic heterocycles. The fourth-order valence-corrected chi connectivity index (χ4v) is 1.00. The van der Waals surface area contributed by atoms with Gasteiger partial charge in [0, 0.05) is 38.5 Å². The molecular weight excluding hydrogens is 162 g/mol. The highest BCUT2D eigenvalue weighted by Crippen LogP contribution is 2.04. The van der Waals surface area contributed by atoms with E-state index in [0.29, 0.717) is 0 Å². The Morgan fingerprint density at radius 3 is 2.62 bits per heavy atom. The zero-order valence-electron chi connectivity index (χ0n) is 8.95. The third-order valence-corrected chi connectivity index (χ3v) is 1.97. The minimum atomic E-state index is 0.835. The van der Waals surface area contributed by atoms with Crippen LogP contribution in [0, 0.1) is 0 Å². The standard InChI is InChI=1S/C10H21N3/c1-4-7-12-8-6-10(9-11)13(3)5-2/h7,9H,4-6,8,11H2,1-3H3/b10-9-,12-7?. The summed E-state index contributed by atoms with van der Waals surface area (Å²) in [6.07, 6.45) is 5.55. The van der Waals surface area contributed by atoms with Gasteiger partial charge < -0.3 is 10.6 Å². The molecular formula is C10H21N3. The monoisotopic (exact) mass is 183 g/mol. The summed E-state index contributed by atoms with van der Waals surface area (Å²) in [5.41, 5.74) is 6.67. The van der Waals surface area contributed by atoms with Crippen molar-refractivity contribution < 1.29 is 0 Å². The van der Waals surface area contributed by atoms with E-state index in [1.807, 2.05) is 13.3 Å². The molecule has 0 atom stereocenters. The summed E-state index contributed by atoms with van der Waals surface area (Å²) in [5.74, 6) is 0. The molecule has 0 rings (SSSR count).